The maximum absolute atomic E-state index is 12.8. The molecule has 2 aromatic rings. The third-order valence-electron chi connectivity index (χ3n) is 4.17. The molecule has 3 rings (SSSR count). The first-order valence-electron chi connectivity index (χ1n) is 8.24. The molecule has 4 nitrogen and oxygen atoms in total. The molecule has 0 fully saturated rings. The van der Waals surface area contributed by atoms with Gasteiger partial charge in [0.1, 0.15) is 0 Å². The number of carbonyl (C=O) groups excluding carboxylic acids is 1. The van der Waals surface area contributed by atoms with Gasteiger partial charge in [-0.05, 0) is 36.5 Å². The van der Waals surface area contributed by atoms with Crippen LogP contribution in [0.15, 0.2) is 42.7 Å². The van der Waals surface area contributed by atoms with Crippen molar-refractivity contribution in [3.8, 4) is 0 Å². The van der Waals surface area contributed by atoms with E-state index in [1.54, 1.807) is 12.4 Å². The van der Waals surface area contributed by atoms with Gasteiger partial charge < -0.3 is 10.2 Å². The van der Waals surface area contributed by atoms with Crippen LogP contribution in [-0.4, -0.2) is 24.0 Å². The van der Waals surface area contributed by atoms with Gasteiger partial charge in [-0.1, -0.05) is 32.0 Å². The Kier molecular flexibility index (Phi) is 4.60. The maximum atomic E-state index is 12.8. The van der Waals surface area contributed by atoms with Gasteiger partial charge in [-0.2, -0.15) is 0 Å². The fourth-order valence-corrected chi connectivity index (χ4v) is 2.86. The summed E-state index contributed by atoms with van der Waals surface area (Å²) < 4.78 is 0. The SMILES string of the molecule is CC(C)CCNc1cncc(C(=O)N2CCc3ccccc32)c1. The second kappa shape index (κ2) is 6.82. The second-order valence-electron chi connectivity index (χ2n) is 6.41. The quantitative estimate of drug-likeness (QED) is 0.915. The smallest absolute Gasteiger partial charge is 0.259 e. The summed E-state index contributed by atoms with van der Waals surface area (Å²) in [5, 5.41) is 3.35. The number of nitrogens with one attached hydrogen (secondary N) is 1. The fourth-order valence-electron chi connectivity index (χ4n) is 2.86. The van der Waals surface area contributed by atoms with E-state index >= 15 is 0 Å². The molecule has 0 spiro atoms. The highest BCUT2D eigenvalue weighted by molar-refractivity contribution is 6.07. The Morgan fingerprint density at radius 1 is 1.30 bits per heavy atom. The van der Waals surface area contributed by atoms with E-state index in [1.165, 1.54) is 5.56 Å². The average Bonchev–Trinajstić information content (AvgIpc) is 2.98. The first-order valence-corrected chi connectivity index (χ1v) is 8.24. The van der Waals surface area contributed by atoms with E-state index < -0.39 is 0 Å². The number of fused-ring (bicyclic) bond motifs is 1. The molecule has 0 aliphatic carbocycles. The van der Waals surface area contributed by atoms with E-state index in [0.717, 1.165) is 37.3 Å². The summed E-state index contributed by atoms with van der Waals surface area (Å²) >= 11 is 0. The van der Waals surface area contributed by atoms with Gasteiger partial charge in [-0.3, -0.25) is 9.78 Å². The summed E-state index contributed by atoms with van der Waals surface area (Å²) in [7, 11) is 0. The van der Waals surface area contributed by atoms with Crippen molar-refractivity contribution in [2.24, 2.45) is 5.92 Å². The minimum Gasteiger partial charge on any atom is -0.384 e. The van der Waals surface area contributed by atoms with Crippen LogP contribution < -0.4 is 10.2 Å². The molecule has 0 saturated heterocycles. The number of nitrogens with zero attached hydrogens (tertiary/aromatic N) is 2. The number of hydrogen-bond donors (Lipinski definition) is 1. The first kappa shape index (κ1) is 15.5. The molecule has 1 aliphatic rings. The summed E-state index contributed by atoms with van der Waals surface area (Å²) in [4.78, 5) is 18.9. The number of pyridine rings is 1. The molecule has 0 saturated carbocycles. The van der Waals surface area contributed by atoms with Gasteiger partial charge in [-0.25, -0.2) is 0 Å². The molecule has 1 amide bonds. The van der Waals surface area contributed by atoms with Crippen molar-refractivity contribution in [1.29, 1.82) is 0 Å². The van der Waals surface area contributed by atoms with Gasteiger partial charge in [0.25, 0.3) is 5.91 Å². The molecular weight excluding hydrogens is 286 g/mol. The summed E-state index contributed by atoms with van der Waals surface area (Å²) in [6.07, 6.45) is 5.44. The van der Waals surface area contributed by atoms with Crippen LogP contribution in [0.2, 0.25) is 0 Å². The van der Waals surface area contributed by atoms with Crippen LogP contribution >= 0.6 is 0 Å². The molecule has 23 heavy (non-hydrogen) atoms. The summed E-state index contributed by atoms with van der Waals surface area (Å²) in [5.41, 5.74) is 3.80. The monoisotopic (exact) mass is 309 g/mol. The zero-order chi connectivity index (χ0) is 16.2. The predicted octanol–water partition coefficient (Wildman–Crippen LogP) is 3.74. The zero-order valence-electron chi connectivity index (χ0n) is 13.7. The average molecular weight is 309 g/mol. The molecule has 0 unspecified atom stereocenters. The Morgan fingerprint density at radius 3 is 2.96 bits per heavy atom. The van der Waals surface area contributed by atoms with Crippen molar-refractivity contribution in [2.75, 3.05) is 23.3 Å². The van der Waals surface area contributed by atoms with Crippen LogP contribution in [0, 0.1) is 5.92 Å². The normalized spacial score (nSPS) is 13.3. The lowest BCUT2D eigenvalue weighted by Crippen LogP contribution is -2.29. The lowest BCUT2D eigenvalue weighted by atomic mass is 10.1. The van der Waals surface area contributed by atoms with E-state index in [-0.39, 0.29) is 5.91 Å². The van der Waals surface area contributed by atoms with Crippen LogP contribution in [0.1, 0.15) is 36.2 Å². The fraction of sp³-hybridized carbons (Fsp3) is 0.368. The number of aromatic nitrogens is 1. The standard InChI is InChI=1S/C19H23N3O/c1-14(2)7-9-21-17-11-16(12-20-13-17)19(23)22-10-8-15-5-3-4-6-18(15)22/h3-6,11-14,21H,7-10H2,1-2H3. The lowest BCUT2D eigenvalue weighted by molar-refractivity contribution is 0.0989. The Hall–Kier alpha value is -2.36. The molecule has 1 aromatic carbocycles. The van der Waals surface area contributed by atoms with E-state index in [4.69, 9.17) is 0 Å². The highest BCUT2D eigenvalue weighted by Gasteiger charge is 2.25. The van der Waals surface area contributed by atoms with E-state index in [9.17, 15) is 4.79 Å². The Labute approximate surface area is 137 Å². The van der Waals surface area contributed by atoms with Crippen LogP contribution in [-0.2, 0) is 6.42 Å². The number of benzene rings is 1. The first-order chi connectivity index (χ1) is 11.1. The third kappa shape index (κ3) is 3.52. The van der Waals surface area contributed by atoms with Gasteiger partial charge in [0.05, 0.1) is 11.3 Å². The molecule has 0 bridgehead atoms. The van der Waals surface area contributed by atoms with Crippen molar-refractivity contribution in [1.82, 2.24) is 4.98 Å². The third-order valence-corrected chi connectivity index (χ3v) is 4.17. The minimum atomic E-state index is 0.0231. The molecule has 1 aromatic heterocycles. The number of rotatable bonds is 5. The van der Waals surface area contributed by atoms with Crippen LogP contribution in [0.3, 0.4) is 0 Å². The maximum Gasteiger partial charge on any atom is 0.259 e. The molecule has 1 N–H and O–H groups in total. The number of carbonyl (C=O) groups is 1. The van der Waals surface area contributed by atoms with Crippen molar-refractivity contribution in [2.45, 2.75) is 26.7 Å². The molecular formula is C19H23N3O. The molecule has 2 heterocycles. The number of para-hydroxylation sites is 1. The number of anilines is 2. The van der Waals surface area contributed by atoms with Crippen molar-refractivity contribution >= 4 is 17.3 Å². The van der Waals surface area contributed by atoms with Gasteiger partial charge in [0, 0.05) is 31.2 Å². The van der Waals surface area contributed by atoms with Gasteiger partial charge in [-0.15, -0.1) is 0 Å². The van der Waals surface area contributed by atoms with Gasteiger partial charge in [0.2, 0.25) is 0 Å². The highest BCUT2D eigenvalue weighted by Crippen LogP contribution is 2.29. The Morgan fingerprint density at radius 2 is 2.13 bits per heavy atom. The Balaban J connectivity index is 1.73. The van der Waals surface area contributed by atoms with Crippen LogP contribution in [0.4, 0.5) is 11.4 Å². The number of amides is 1. The molecule has 120 valence electrons. The van der Waals surface area contributed by atoms with Crippen molar-refractivity contribution in [3.63, 3.8) is 0 Å². The lowest BCUT2D eigenvalue weighted by Gasteiger charge is -2.17. The molecule has 0 atom stereocenters. The minimum absolute atomic E-state index is 0.0231. The Bertz CT molecular complexity index is 697. The van der Waals surface area contributed by atoms with Crippen molar-refractivity contribution in [3.05, 3.63) is 53.9 Å². The topological polar surface area (TPSA) is 45.2 Å². The van der Waals surface area contributed by atoms with Gasteiger partial charge in [0.15, 0.2) is 0 Å². The second-order valence-corrected chi connectivity index (χ2v) is 6.41. The molecule has 1 aliphatic heterocycles. The zero-order valence-corrected chi connectivity index (χ0v) is 13.7. The van der Waals surface area contributed by atoms with Gasteiger partial charge >= 0.3 is 0 Å². The predicted molar refractivity (Wildman–Crippen MR) is 94.0 cm³/mol. The largest absolute Gasteiger partial charge is 0.384 e. The number of hydrogen-bond acceptors (Lipinski definition) is 3. The van der Waals surface area contributed by atoms with E-state index in [1.807, 2.05) is 29.2 Å². The molecule has 4 heteroatoms. The summed E-state index contributed by atoms with van der Waals surface area (Å²) in [6.45, 7) is 6.03. The summed E-state index contributed by atoms with van der Waals surface area (Å²) in [6, 6.07) is 10.00. The van der Waals surface area contributed by atoms with Crippen molar-refractivity contribution < 1.29 is 4.79 Å². The van der Waals surface area contributed by atoms with E-state index in [2.05, 4.69) is 30.2 Å². The highest BCUT2D eigenvalue weighted by atomic mass is 16.2. The summed E-state index contributed by atoms with van der Waals surface area (Å²) in [5.74, 6) is 0.677. The molecule has 0 radical (unpaired) electrons. The van der Waals surface area contributed by atoms with Crippen LogP contribution in [0.5, 0.6) is 0 Å². The van der Waals surface area contributed by atoms with Crippen LogP contribution in [0.25, 0.3) is 0 Å². The van der Waals surface area contributed by atoms with E-state index in [0.29, 0.717) is 11.5 Å².